The predicted octanol–water partition coefficient (Wildman–Crippen LogP) is 7.21. The molecule has 6 heteroatoms. The van der Waals surface area contributed by atoms with E-state index in [9.17, 15) is 4.79 Å². The Morgan fingerprint density at radius 1 is 0.821 bits per heavy atom. The fourth-order valence-corrected chi connectivity index (χ4v) is 4.65. The molecule has 1 N–H and O–H groups in total. The molecule has 0 aliphatic heterocycles. The van der Waals surface area contributed by atoms with E-state index in [1.54, 1.807) is 13.2 Å². The monoisotopic (exact) mass is 541 g/mol. The Morgan fingerprint density at radius 3 is 2.18 bits per heavy atom. The second-order valence-electron chi connectivity index (χ2n) is 10.4. The van der Waals surface area contributed by atoms with Crippen LogP contribution in [0.1, 0.15) is 103 Å². The highest BCUT2D eigenvalue weighted by Crippen LogP contribution is 2.31. The first kappa shape index (κ1) is 32.5. The topological polar surface area (TPSA) is 60.7 Å². The molecule has 0 aliphatic rings. The van der Waals surface area contributed by atoms with Crippen LogP contribution in [0.4, 0.5) is 0 Å². The summed E-state index contributed by atoms with van der Waals surface area (Å²) >= 11 is 0. The van der Waals surface area contributed by atoms with Crippen LogP contribution in [-0.2, 0) is 17.8 Å². The minimum Gasteiger partial charge on any atom is -0.493 e. The molecule has 0 radical (unpaired) electrons. The van der Waals surface area contributed by atoms with Gasteiger partial charge in [-0.1, -0.05) is 84.5 Å². The number of carbonyl (C=O) groups is 1. The number of nitrogens with one attached hydrogen (secondary N) is 1. The minimum atomic E-state index is -0.140. The van der Waals surface area contributed by atoms with E-state index < -0.39 is 0 Å². The molecule has 218 valence electrons. The molecule has 0 bridgehead atoms. The minimum absolute atomic E-state index is 0.0349. The normalized spacial score (nSPS) is 10.8. The van der Waals surface area contributed by atoms with Gasteiger partial charge in [0.15, 0.2) is 30.5 Å². The second-order valence-corrected chi connectivity index (χ2v) is 10.4. The van der Waals surface area contributed by atoms with Crippen molar-refractivity contribution >= 4 is 5.91 Å². The van der Waals surface area contributed by atoms with E-state index in [0.29, 0.717) is 30.4 Å². The van der Waals surface area contributed by atoms with Gasteiger partial charge in [-0.3, -0.25) is 4.79 Å². The Bertz CT molecular complexity index is 918. The molecular weight excluding hydrogens is 488 g/mol. The van der Waals surface area contributed by atoms with Crippen molar-refractivity contribution in [2.75, 3.05) is 26.9 Å². The highest BCUT2D eigenvalue weighted by atomic mass is 16.5. The lowest BCUT2D eigenvalue weighted by molar-refractivity contribution is -0.697. The summed E-state index contributed by atoms with van der Waals surface area (Å²) in [5, 5.41) is 2.93. The van der Waals surface area contributed by atoms with Crippen LogP contribution in [-0.4, -0.2) is 32.8 Å². The summed E-state index contributed by atoms with van der Waals surface area (Å²) in [6.07, 6.45) is 22.0. The second kappa shape index (κ2) is 21.1. The van der Waals surface area contributed by atoms with Crippen LogP contribution in [0.5, 0.6) is 17.2 Å². The number of aryl methyl sites for hydroxylation is 1. The van der Waals surface area contributed by atoms with Crippen molar-refractivity contribution in [1.29, 1.82) is 0 Å². The zero-order valence-electron chi connectivity index (χ0n) is 24.8. The van der Waals surface area contributed by atoms with Gasteiger partial charge in [0.2, 0.25) is 0 Å². The van der Waals surface area contributed by atoms with Crippen LogP contribution in [0, 0.1) is 0 Å². The Balaban J connectivity index is 1.57. The number of nitrogens with zero attached hydrogens (tertiary/aromatic N) is 1. The Hall–Kier alpha value is -2.76. The summed E-state index contributed by atoms with van der Waals surface area (Å²) in [4.78, 5) is 12.2. The number of rotatable bonds is 23. The smallest absolute Gasteiger partial charge is 0.257 e. The van der Waals surface area contributed by atoms with E-state index in [-0.39, 0.29) is 12.5 Å². The number of pyridine rings is 1. The molecule has 0 saturated carbocycles. The summed E-state index contributed by atoms with van der Waals surface area (Å²) in [5.41, 5.74) is 1.20. The summed E-state index contributed by atoms with van der Waals surface area (Å²) in [6, 6.07) is 9.59. The molecule has 0 aliphatic carbocycles. The predicted molar refractivity (Wildman–Crippen MR) is 159 cm³/mol. The van der Waals surface area contributed by atoms with E-state index in [1.807, 2.05) is 12.1 Å². The van der Waals surface area contributed by atoms with Gasteiger partial charge >= 0.3 is 0 Å². The number of aromatic nitrogens is 1. The fraction of sp³-hybridized carbons (Fsp3) is 0.636. The molecule has 1 aromatic heterocycles. The van der Waals surface area contributed by atoms with Crippen molar-refractivity contribution in [2.45, 2.75) is 110 Å². The van der Waals surface area contributed by atoms with Crippen LogP contribution < -0.4 is 24.1 Å². The molecular formula is C33H53N2O4+. The lowest BCUT2D eigenvalue weighted by Gasteiger charge is -2.13. The molecule has 0 unspecified atom stereocenters. The first-order valence-corrected chi connectivity index (χ1v) is 15.3. The quantitative estimate of drug-likeness (QED) is 0.119. The van der Waals surface area contributed by atoms with Gasteiger partial charge in [0.1, 0.15) is 12.3 Å². The lowest BCUT2D eigenvalue weighted by Crippen LogP contribution is -2.34. The molecule has 0 saturated heterocycles. The first-order chi connectivity index (χ1) is 19.2. The van der Waals surface area contributed by atoms with E-state index >= 15 is 0 Å². The van der Waals surface area contributed by atoms with Crippen molar-refractivity contribution in [3.8, 4) is 17.2 Å². The summed E-state index contributed by atoms with van der Waals surface area (Å²) in [5.74, 6) is 1.78. The molecule has 0 spiro atoms. The summed E-state index contributed by atoms with van der Waals surface area (Å²) in [6.45, 7) is 6.65. The van der Waals surface area contributed by atoms with Crippen LogP contribution in [0.25, 0.3) is 0 Å². The Kier molecular flexibility index (Phi) is 17.6. The van der Waals surface area contributed by atoms with Crippen LogP contribution in [0.15, 0.2) is 42.7 Å². The Labute approximate surface area is 237 Å². The number of ether oxygens (including phenoxy) is 3. The molecule has 2 rings (SSSR count). The number of benzene rings is 1. The molecule has 1 heterocycles. The summed E-state index contributed by atoms with van der Waals surface area (Å²) < 4.78 is 19.3. The largest absolute Gasteiger partial charge is 0.493 e. The molecule has 0 fully saturated rings. The number of carbonyl (C=O) groups excluding carboxylic acids is 1. The van der Waals surface area contributed by atoms with Crippen molar-refractivity contribution in [3.63, 3.8) is 0 Å². The zero-order valence-corrected chi connectivity index (χ0v) is 24.8. The standard InChI is InChI=1S/C33H52N2O4/c1-4-6-7-8-9-10-11-12-13-14-15-16-25-38-31-20-19-30(26-32(31)37-3)39-28-33(36)34-22-21-29-18-17-24-35(27-29)23-5-2/h17-20,24,26-27H,4-16,21-23,25,28H2,1-3H3/p+1. The van der Waals surface area contributed by atoms with Gasteiger partial charge < -0.3 is 19.5 Å². The van der Waals surface area contributed by atoms with Gasteiger partial charge in [0.05, 0.1) is 13.7 Å². The van der Waals surface area contributed by atoms with Crippen LogP contribution >= 0.6 is 0 Å². The molecule has 0 atom stereocenters. The maximum Gasteiger partial charge on any atom is 0.257 e. The van der Waals surface area contributed by atoms with E-state index in [0.717, 1.165) is 25.8 Å². The van der Waals surface area contributed by atoms with Crippen molar-refractivity contribution in [1.82, 2.24) is 5.32 Å². The average molecular weight is 542 g/mol. The maximum atomic E-state index is 12.2. The summed E-state index contributed by atoms with van der Waals surface area (Å²) in [7, 11) is 1.62. The molecule has 6 nitrogen and oxygen atoms in total. The number of hydrogen-bond acceptors (Lipinski definition) is 4. The van der Waals surface area contributed by atoms with Gasteiger partial charge in [0.25, 0.3) is 5.91 Å². The molecule has 1 amide bonds. The van der Waals surface area contributed by atoms with Crippen molar-refractivity contribution in [3.05, 3.63) is 48.3 Å². The number of unbranched alkanes of at least 4 members (excludes halogenated alkanes) is 11. The van der Waals surface area contributed by atoms with Crippen molar-refractivity contribution < 1.29 is 23.6 Å². The first-order valence-electron chi connectivity index (χ1n) is 15.3. The van der Waals surface area contributed by atoms with Gasteiger partial charge in [-0.2, -0.15) is 0 Å². The zero-order chi connectivity index (χ0) is 28.0. The van der Waals surface area contributed by atoms with E-state index in [4.69, 9.17) is 14.2 Å². The number of methoxy groups -OCH3 is 1. The highest BCUT2D eigenvalue weighted by molar-refractivity contribution is 5.77. The third-order valence-electron chi connectivity index (χ3n) is 6.90. The number of amides is 1. The van der Waals surface area contributed by atoms with Gasteiger partial charge in [-0.25, -0.2) is 4.57 Å². The number of hydrogen-bond donors (Lipinski definition) is 1. The van der Waals surface area contributed by atoms with E-state index in [2.05, 4.69) is 48.3 Å². The lowest BCUT2D eigenvalue weighted by atomic mass is 10.1. The Morgan fingerprint density at radius 2 is 1.51 bits per heavy atom. The van der Waals surface area contributed by atoms with Crippen molar-refractivity contribution in [2.24, 2.45) is 0 Å². The SMILES string of the molecule is CCCCCCCCCCCCCCOc1ccc(OCC(=O)NCCc2ccc[n+](CCC)c2)cc1OC. The third kappa shape index (κ3) is 14.8. The molecule has 39 heavy (non-hydrogen) atoms. The highest BCUT2D eigenvalue weighted by Gasteiger charge is 2.09. The fourth-order valence-electron chi connectivity index (χ4n) is 4.65. The molecule has 2 aromatic rings. The van der Waals surface area contributed by atoms with Gasteiger partial charge in [-0.15, -0.1) is 0 Å². The van der Waals surface area contributed by atoms with E-state index in [1.165, 1.54) is 76.2 Å². The maximum absolute atomic E-state index is 12.2. The van der Waals surface area contributed by atoms with Crippen LogP contribution in [0.3, 0.4) is 0 Å². The van der Waals surface area contributed by atoms with Crippen LogP contribution in [0.2, 0.25) is 0 Å². The van der Waals surface area contributed by atoms with Gasteiger partial charge in [0, 0.05) is 30.7 Å². The average Bonchev–Trinajstić information content (AvgIpc) is 2.95. The molecule has 1 aromatic carbocycles. The third-order valence-corrected chi connectivity index (χ3v) is 6.90. The van der Waals surface area contributed by atoms with Gasteiger partial charge in [-0.05, 0) is 31.0 Å².